The number of nitrogens with one attached hydrogen (secondary N) is 1. The number of hydrogen-bond acceptors (Lipinski definition) is 7. The van der Waals surface area contributed by atoms with Crippen molar-refractivity contribution in [1.82, 2.24) is 9.62 Å². The molecule has 2 aliphatic heterocycles. The van der Waals surface area contributed by atoms with Crippen LogP contribution in [0.3, 0.4) is 0 Å². The quantitative estimate of drug-likeness (QED) is 0.446. The van der Waals surface area contributed by atoms with Crippen LogP contribution in [0.5, 0.6) is 11.5 Å². The van der Waals surface area contributed by atoms with E-state index in [1.54, 1.807) is 24.3 Å². The molecule has 1 atom stereocenters. The summed E-state index contributed by atoms with van der Waals surface area (Å²) in [5.41, 5.74) is 1.73. The zero-order valence-electron chi connectivity index (χ0n) is 22.1. The van der Waals surface area contributed by atoms with E-state index in [1.807, 2.05) is 30.3 Å². The molecule has 1 saturated heterocycles. The molecule has 0 saturated carbocycles. The Morgan fingerprint density at radius 3 is 2.48 bits per heavy atom. The summed E-state index contributed by atoms with van der Waals surface area (Å²) in [4.78, 5) is 28.3. The molecule has 0 spiro atoms. The van der Waals surface area contributed by atoms with E-state index in [0.717, 1.165) is 5.56 Å². The number of benzene rings is 3. The Bertz CT molecular complexity index is 1470. The van der Waals surface area contributed by atoms with Crippen molar-refractivity contribution < 1.29 is 32.2 Å². The molecule has 2 amide bonds. The fourth-order valence-corrected chi connectivity index (χ4v) is 6.33. The fourth-order valence-electron chi connectivity index (χ4n) is 4.75. The van der Waals surface area contributed by atoms with Crippen LogP contribution >= 0.6 is 0 Å². The summed E-state index contributed by atoms with van der Waals surface area (Å²) < 4.78 is 44.8. The highest BCUT2D eigenvalue weighted by Gasteiger charge is 2.35. The number of ether oxygens (including phenoxy) is 3. The van der Waals surface area contributed by atoms with Crippen molar-refractivity contribution in [3.8, 4) is 11.5 Å². The lowest BCUT2D eigenvalue weighted by Gasteiger charge is -2.34. The molecule has 5 rings (SSSR count). The molecule has 0 aromatic heterocycles. The lowest BCUT2D eigenvalue weighted by Crippen LogP contribution is -2.51. The molecule has 11 heteroatoms. The average Bonchev–Trinajstić information content (AvgIpc) is 3.00. The third-order valence-electron chi connectivity index (χ3n) is 6.87. The van der Waals surface area contributed by atoms with Crippen LogP contribution in [0.15, 0.2) is 77.7 Å². The third kappa shape index (κ3) is 5.81. The van der Waals surface area contributed by atoms with Crippen molar-refractivity contribution >= 4 is 27.5 Å². The first-order valence-electron chi connectivity index (χ1n) is 13.0. The summed E-state index contributed by atoms with van der Waals surface area (Å²) in [5, 5.41) is 2.90. The highest BCUT2D eigenvalue weighted by molar-refractivity contribution is 7.89. The number of nitrogens with zero attached hydrogens (tertiary/aromatic N) is 2. The third-order valence-corrected chi connectivity index (χ3v) is 8.79. The number of fused-ring (bicyclic) bond motifs is 1. The Morgan fingerprint density at radius 1 is 1.00 bits per heavy atom. The van der Waals surface area contributed by atoms with Gasteiger partial charge in [-0.15, -0.1) is 0 Å². The van der Waals surface area contributed by atoms with Crippen LogP contribution < -0.4 is 19.7 Å². The molecule has 0 bridgehead atoms. The lowest BCUT2D eigenvalue weighted by molar-refractivity contribution is -0.127. The largest absolute Gasteiger partial charge is 0.495 e. The number of para-hydroxylation sites is 2. The predicted octanol–water partition coefficient (Wildman–Crippen LogP) is 2.48. The van der Waals surface area contributed by atoms with E-state index in [2.05, 4.69) is 5.32 Å². The highest BCUT2D eigenvalue weighted by Crippen LogP contribution is 2.35. The number of morpholine rings is 1. The second-order valence-corrected chi connectivity index (χ2v) is 11.3. The number of methoxy groups -OCH3 is 1. The number of amides is 2. The van der Waals surface area contributed by atoms with E-state index < -0.39 is 22.0 Å². The number of carbonyl (C=O) groups is 2. The molecule has 210 valence electrons. The van der Waals surface area contributed by atoms with E-state index in [1.165, 1.54) is 34.5 Å². The first kappa shape index (κ1) is 27.6. The van der Waals surface area contributed by atoms with Crippen LogP contribution in [0.2, 0.25) is 0 Å². The Hall–Kier alpha value is -3.93. The predicted molar refractivity (Wildman–Crippen MR) is 148 cm³/mol. The molecule has 10 nitrogen and oxygen atoms in total. The summed E-state index contributed by atoms with van der Waals surface area (Å²) >= 11 is 0. The Kier molecular flexibility index (Phi) is 8.34. The molecule has 1 N–H and O–H groups in total. The first-order valence-corrected chi connectivity index (χ1v) is 14.5. The molecular formula is C29H31N3O7S. The van der Waals surface area contributed by atoms with Gasteiger partial charge in [0.1, 0.15) is 16.4 Å². The standard InChI is InChI=1S/C29H31N3O7S/c1-37-25-12-11-22(19-27(25)40(35,36)31-15-17-38-18-16-31)29(34)32-20-26(39-24-10-6-5-9-23(24)32)28(33)30-14-13-21-7-3-2-4-8-21/h2-12,19,26H,13-18,20H2,1H3,(H,30,33). The first-order chi connectivity index (χ1) is 19.4. The van der Waals surface area contributed by atoms with Gasteiger partial charge >= 0.3 is 0 Å². The monoisotopic (exact) mass is 565 g/mol. The molecular weight excluding hydrogens is 534 g/mol. The molecule has 2 aliphatic rings. The van der Waals surface area contributed by atoms with Gasteiger partial charge in [0.05, 0.1) is 32.6 Å². The second-order valence-electron chi connectivity index (χ2n) is 9.40. The number of sulfonamides is 1. The minimum atomic E-state index is -3.94. The minimum Gasteiger partial charge on any atom is -0.495 e. The Morgan fingerprint density at radius 2 is 1.73 bits per heavy atom. The van der Waals surface area contributed by atoms with Gasteiger partial charge < -0.3 is 24.4 Å². The van der Waals surface area contributed by atoms with Crippen LogP contribution in [-0.2, 0) is 26.0 Å². The van der Waals surface area contributed by atoms with E-state index in [9.17, 15) is 18.0 Å². The zero-order valence-corrected chi connectivity index (χ0v) is 22.9. The molecule has 3 aromatic carbocycles. The SMILES string of the molecule is COc1ccc(C(=O)N2CC(C(=O)NCCc3ccccc3)Oc3ccccc32)cc1S(=O)(=O)N1CCOCC1. The highest BCUT2D eigenvalue weighted by atomic mass is 32.2. The van der Waals surface area contributed by atoms with Crippen molar-refractivity contribution in [2.45, 2.75) is 17.4 Å². The van der Waals surface area contributed by atoms with Crippen LogP contribution in [0.4, 0.5) is 5.69 Å². The van der Waals surface area contributed by atoms with Crippen LogP contribution in [0.1, 0.15) is 15.9 Å². The maximum atomic E-state index is 13.9. The maximum absolute atomic E-state index is 13.9. The van der Waals surface area contributed by atoms with Gasteiger partial charge in [-0.3, -0.25) is 9.59 Å². The summed E-state index contributed by atoms with van der Waals surface area (Å²) in [6, 6.07) is 21.1. The van der Waals surface area contributed by atoms with Gasteiger partial charge in [0.2, 0.25) is 10.0 Å². The van der Waals surface area contributed by atoms with Crippen molar-refractivity contribution in [1.29, 1.82) is 0 Å². The summed E-state index contributed by atoms with van der Waals surface area (Å²) in [6.07, 6.45) is -0.283. The van der Waals surface area contributed by atoms with E-state index in [0.29, 0.717) is 37.6 Å². The Labute approximate surface area is 233 Å². The summed E-state index contributed by atoms with van der Waals surface area (Å²) in [5.74, 6) is -0.270. The van der Waals surface area contributed by atoms with Gasteiger partial charge in [0.15, 0.2) is 6.10 Å². The average molecular weight is 566 g/mol. The number of rotatable bonds is 8. The molecule has 0 aliphatic carbocycles. The van der Waals surface area contributed by atoms with E-state index in [-0.39, 0.29) is 41.7 Å². The molecule has 1 unspecified atom stereocenters. The topological polar surface area (TPSA) is 114 Å². The number of carbonyl (C=O) groups excluding carboxylic acids is 2. The second kappa shape index (κ2) is 12.1. The molecule has 0 radical (unpaired) electrons. The lowest BCUT2D eigenvalue weighted by atomic mass is 10.1. The van der Waals surface area contributed by atoms with Crippen molar-refractivity contribution in [3.05, 3.63) is 83.9 Å². The number of hydrogen-bond donors (Lipinski definition) is 1. The van der Waals surface area contributed by atoms with Gasteiger partial charge in [0, 0.05) is 25.2 Å². The van der Waals surface area contributed by atoms with Gasteiger partial charge in [-0.1, -0.05) is 42.5 Å². The van der Waals surface area contributed by atoms with Gasteiger partial charge in [-0.25, -0.2) is 8.42 Å². The van der Waals surface area contributed by atoms with Gasteiger partial charge in [0.25, 0.3) is 11.8 Å². The summed E-state index contributed by atoms with van der Waals surface area (Å²) in [7, 11) is -2.56. The maximum Gasteiger partial charge on any atom is 0.262 e. The minimum absolute atomic E-state index is 0.0371. The summed E-state index contributed by atoms with van der Waals surface area (Å²) in [6.45, 7) is 1.38. The fraction of sp³-hybridized carbons (Fsp3) is 0.310. The van der Waals surface area contributed by atoms with Crippen molar-refractivity contribution in [3.63, 3.8) is 0 Å². The molecule has 40 heavy (non-hydrogen) atoms. The Balaban J connectivity index is 1.38. The van der Waals surface area contributed by atoms with Crippen molar-refractivity contribution in [2.75, 3.05) is 51.4 Å². The van der Waals surface area contributed by atoms with Crippen LogP contribution in [-0.4, -0.2) is 77.1 Å². The molecule has 3 aromatic rings. The number of anilines is 1. The molecule has 1 fully saturated rings. The van der Waals surface area contributed by atoms with Gasteiger partial charge in [-0.2, -0.15) is 4.31 Å². The van der Waals surface area contributed by atoms with E-state index >= 15 is 0 Å². The van der Waals surface area contributed by atoms with Crippen molar-refractivity contribution in [2.24, 2.45) is 0 Å². The van der Waals surface area contributed by atoms with Gasteiger partial charge in [-0.05, 0) is 42.3 Å². The van der Waals surface area contributed by atoms with Crippen LogP contribution in [0, 0.1) is 0 Å². The normalized spacial score (nSPS) is 17.4. The molecule has 2 heterocycles. The smallest absolute Gasteiger partial charge is 0.262 e. The zero-order chi connectivity index (χ0) is 28.1. The van der Waals surface area contributed by atoms with E-state index in [4.69, 9.17) is 14.2 Å². The van der Waals surface area contributed by atoms with Crippen LogP contribution in [0.25, 0.3) is 0 Å².